The molecule has 0 fully saturated rings. The molecule has 3 N–H and O–H groups in total. The second-order valence-corrected chi connectivity index (χ2v) is 5.66. The zero-order chi connectivity index (χ0) is 13.2. The van der Waals surface area contributed by atoms with Crippen LogP contribution in [0.15, 0.2) is 28.3 Å². The van der Waals surface area contributed by atoms with E-state index in [0.29, 0.717) is 17.4 Å². The van der Waals surface area contributed by atoms with Gasteiger partial charge in [-0.25, -0.2) is 9.97 Å². The van der Waals surface area contributed by atoms with Crippen LogP contribution in [0, 0.1) is 0 Å². The minimum atomic E-state index is 0.561. The van der Waals surface area contributed by atoms with E-state index in [1.54, 1.807) is 12.4 Å². The number of aromatic amines is 1. The predicted octanol–water partition coefficient (Wildman–Crippen LogP) is 2.26. The fourth-order valence-electron chi connectivity index (χ4n) is 1.61. The standard InChI is InChI=1S/C11H9BrN6S/c12-7-1-6(3-14-4-7)10-16-9(17-18-10)2-8-5-19-11(13)15-8/h1,3-5H,2H2,(H2,13,15)(H,16,17,18). The number of hydrogen-bond donors (Lipinski definition) is 2. The third kappa shape index (κ3) is 2.79. The van der Waals surface area contributed by atoms with E-state index in [1.165, 1.54) is 11.3 Å². The molecule has 19 heavy (non-hydrogen) atoms. The van der Waals surface area contributed by atoms with Gasteiger partial charge < -0.3 is 5.73 Å². The Bertz CT molecular complexity index is 707. The van der Waals surface area contributed by atoms with Gasteiger partial charge in [-0.05, 0) is 22.0 Å². The quantitative estimate of drug-likeness (QED) is 0.765. The molecule has 0 spiro atoms. The number of halogens is 1. The number of nitrogens with one attached hydrogen (secondary N) is 1. The zero-order valence-electron chi connectivity index (χ0n) is 9.67. The Balaban J connectivity index is 1.83. The highest BCUT2D eigenvalue weighted by atomic mass is 79.9. The Morgan fingerprint density at radius 2 is 2.21 bits per heavy atom. The van der Waals surface area contributed by atoms with Crippen molar-refractivity contribution in [3.63, 3.8) is 0 Å². The number of aromatic nitrogens is 5. The molecule has 8 heteroatoms. The molecule has 0 aliphatic heterocycles. The van der Waals surface area contributed by atoms with Gasteiger partial charge in [0.05, 0.1) is 12.1 Å². The number of H-pyrrole nitrogens is 1. The molecule has 3 heterocycles. The molecule has 96 valence electrons. The van der Waals surface area contributed by atoms with E-state index in [0.717, 1.165) is 21.6 Å². The summed E-state index contributed by atoms with van der Waals surface area (Å²) in [6.07, 6.45) is 4.02. The monoisotopic (exact) mass is 336 g/mol. The van der Waals surface area contributed by atoms with Crippen molar-refractivity contribution in [1.82, 2.24) is 25.1 Å². The third-order valence-corrected chi connectivity index (χ3v) is 3.57. The molecule has 3 aromatic rings. The Labute approximate surface area is 121 Å². The van der Waals surface area contributed by atoms with Crippen LogP contribution in [0.25, 0.3) is 11.4 Å². The summed E-state index contributed by atoms with van der Waals surface area (Å²) in [6.45, 7) is 0. The first-order valence-corrected chi connectivity index (χ1v) is 7.10. The molecule has 0 bridgehead atoms. The largest absolute Gasteiger partial charge is 0.375 e. The van der Waals surface area contributed by atoms with E-state index >= 15 is 0 Å². The zero-order valence-corrected chi connectivity index (χ0v) is 12.1. The SMILES string of the molecule is Nc1nc(Cc2nc(-c3cncc(Br)c3)n[nH]2)cs1. The lowest BCUT2D eigenvalue weighted by Gasteiger charge is -1.94. The lowest BCUT2D eigenvalue weighted by molar-refractivity contribution is 0.952. The van der Waals surface area contributed by atoms with Gasteiger partial charge in [-0.15, -0.1) is 11.3 Å². The number of thiazole rings is 1. The normalized spacial score (nSPS) is 10.8. The first kappa shape index (κ1) is 12.2. The molecule has 0 aliphatic carbocycles. The Morgan fingerprint density at radius 1 is 1.32 bits per heavy atom. The molecule has 3 rings (SSSR count). The van der Waals surface area contributed by atoms with Gasteiger partial charge >= 0.3 is 0 Å². The summed E-state index contributed by atoms with van der Waals surface area (Å²) in [4.78, 5) is 12.7. The van der Waals surface area contributed by atoms with Gasteiger partial charge in [0.1, 0.15) is 5.82 Å². The molecule has 0 radical (unpaired) electrons. The molecule has 0 atom stereocenters. The summed E-state index contributed by atoms with van der Waals surface area (Å²) >= 11 is 4.79. The van der Waals surface area contributed by atoms with Gasteiger partial charge in [0.25, 0.3) is 0 Å². The molecule has 0 saturated heterocycles. The first-order chi connectivity index (χ1) is 9.20. The van der Waals surface area contributed by atoms with E-state index in [1.807, 2.05) is 11.4 Å². The lowest BCUT2D eigenvalue weighted by Crippen LogP contribution is -1.92. The van der Waals surface area contributed by atoms with Crippen molar-refractivity contribution in [2.75, 3.05) is 5.73 Å². The van der Waals surface area contributed by atoms with Crippen LogP contribution in [0.1, 0.15) is 11.5 Å². The summed E-state index contributed by atoms with van der Waals surface area (Å²) in [6, 6.07) is 1.92. The Kier molecular flexibility index (Phi) is 3.26. The lowest BCUT2D eigenvalue weighted by atomic mass is 10.3. The van der Waals surface area contributed by atoms with Crippen molar-refractivity contribution in [3.05, 3.63) is 39.8 Å². The minimum absolute atomic E-state index is 0.561. The second kappa shape index (κ2) is 5.06. The highest BCUT2D eigenvalue weighted by Gasteiger charge is 2.08. The number of anilines is 1. The van der Waals surface area contributed by atoms with Crippen molar-refractivity contribution in [2.45, 2.75) is 6.42 Å². The van der Waals surface area contributed by atoms with Crippen LogP contribution in [0.2, 0.25) is 0 Å². The Hall–Kier alpha value is -1.80. The van der Waals surface area contributed by atoms with E-state index in [2.05, 4.69) is 41.1 Å². The molecule has 0 amide bonds. The maximum Gasteiger partial charge on any atom is 0.182 e. The summed E-state index contributed by atoms with van der Waals surface area (Å²) in [5.74, 6) is 1.37. The van der Waals surface area contributed by atoms with E-state index in [9.17, 15) is 0 Å². The third-order valence-electron chi connectivity index (χ3n) is 2.41. The molecule has 6 nitrogen and oxygen atoms in total. The van der Waals surface area contributed by atoms with E-state index in [-0.39, 0.29) is 0 Å². The highest BCUT2D eigenvalue weighted by molar-refractivity contribution is 9.10. The molecule has 0 unspecified atom stereocenters. The van der Waals surface area contributed by atoms with E-state index < -0.39 is 0 Å². The average molecular weight is 337 g/mol. The highest BCUT2D eigenvalue weighted by Crippen LogP contribution is 2.19. The average Bonchev–Trinajstić information content (AvgIpc) is 2.99. The fraction of sp³-hybridized carbons (Fsp3) is 0.0909. The topological polar surface area (TPSA) is 93.4 Å². The van der Waals surface area contributed by atoms with Crippen molar-refractivity contribution in [1.29, 1.82) is 0 Å². The number of pyridine rings is 1. The molecule has 0 aromatic carbocycles. The number of rotatable bonds is 3. The molecular formula is C11H9BrN6S. The minimum Gasteiger partial charge on any atom is -0.375 e. The summed E-state index contributed by atoms with van der Waals surface area (Å²) in [7, 11) is 0. The number of nitrogens with two attached hydrogens (primary N) is 1. The smallest absolute Gasteiger partial charge is 0.182 e. The van der Waals surface area contributed by atoms with Gasteiger partial charge in [0.15, 0.2) is 11.0 Å². The first-order valence-electron chi connectivity index (χ1n) is 5.43. The summed E-state index contributed by atoms with van der Waals surface area (Å²) < 4.78 is 0.892. The van der Waals surface area contributed by atoms with Crippen molar-refractivity contribution >= 4 is 32.4 Å². The summed E-state index contributed by atoms with van der Waals surface area (Å²) in [5.41, 5.74) is 7.34. The van der Waals surface area contributed by atoms with Gasteiger partial charge in [0, 0.05) is 27.8 Å². The number of nitrogen functional groups attached to an aromatic ring is 1. The van der Waals surface area contributed by atoms with Crippen molar-refractivity contribution < 1.29 is 0 Å². The molecule has 3 aromatic heterocycles. The van der Waals surface area contributed by atoms with Crippen LogP contribution in [0.4, 0.5) is 5.13 Å². The maximum atomic E-state index is 5.59. The van der Waals surface area contributed by atoms with Crippen LogP contribution in [0.5, 0.6) is 0 Å². The van der Waals surface area contributed by atoms with Gasteiger partial charge in [-0.1, -0.05) is 0 Å². The van der Waals surface area contributed by atoms with Crippen LogP contribution < -0.4 is 5.73 Å². The van der Waals surface area contributed by atoms with Gasteiger partial charge in [-0.2, -0.15) is 5.10 Å². The number of nitrogens with zero attached hydrogens (tertiary/aromatic N) is 4. The number of hydrogen-bond acceptors (Lipinski definition) is 6. The van der Waals surface area contributed by atoms with Crippen LogP contribution in [-0.4, -0.2) is 25.1 Å². The fourth-order valence-corrected chi connectivity index (χ4v) is 2.54. The van der Waals surface area contributed by atoms with E-state index in [4.69, 9.17) is 5.73 Å². The predicted molar refractivity (Wildman–Crippen MR) is 76.6 cm³/mol. The Morgan fingerprint density at radius 3 is 2.95 bits per heavy atom. The van der Waals surface area contributed by atoms with Crippen LogP contribution in [0.3, 0.4) is 0 Å². The maximum absolute atomic E-state index is 5.59. The van der Waals surface area contributed by atoms with Gasteiger partial charge in [-0.3, -0.25) is 10.1 Å². The van der Waals surface area contributed by atoms with Crippen LogP contribution >= 0.6 is 27.3 Å². The summed E-state index contributed by atoms with van der Waals surface area (Å²) in [5, 5.41) is 9.55. The van der Waals surface area contributed by atoms with Crippen molar-refractivity contribution in [3.8, 4) is 11.4 Å². The van der Waals surface area contributed by atoms with Gasteiger partial charge in [0.2, 0.25) is 0 Å². The molecule has 0 aliphatic rings. The molecule has 0 saturated carbocycles. The van der Waals surface area contributed by atoms with Crippen LogP contribution in [-0.2, 0) is 6.42 Å². The second-order valence-electron chi connectivity index (χ2n) is 3.85. The molecular weight excluding hydrogens is 328 g/mol. The van der Waals surface area contributed by atoms with Crippen molar-refractivity contribution in [2.24, 2.45) is 0 Å².